The summed E-state index contributed by atoms with van der Waals surface area (Å²) in [4.78, 5) is 16.3. The van der Waals surface area contributed by atoms with Crippen LogP contribution in [0, 0.1) is 0 Å². The maximum atomic E-state index is 11.8. The molecule has 1 aliphatic heterocycles. The van der Waals surface area contributed by atoms with Crippen LogP contribution in [0.2, 0.25) is 0 Å². The van der Waals surface area contributed by atoms with Crippen molar-refractivity contribution >= 4 is 5.97 Å². The lowest BCUT2D eigenvalue weighted by Gasteiger charge is -2.43. The molecule has 2 rings (SSSR count). The van der Waals surface area contributed by atoms with E-state index in [-0.39, 0.29) is 0 Å². The van der Waals surface area contributed by atoms with Crippen LogP contribution in [0.25, 0.3) is 0 Å². The quantitative estimate of drug-likeness (QED) is 0.889. The Morgan fingerprint density at radius 2 is 1.80 bits per heavy atom. The summed E-state index contributed by atoms with van der Waals surface area (Å²) in [6.07, 6.45) is 0.551. The number of benzene rings is 1. The molecule has 1 saturated heterocycles. The lowest BCUT2D eigenvalue weighted by Crippen LogP contribution is -2.60. The monoisotopic (exact) mass is 276 g/mol. The van der Waals surface area contributed by atoms with E-state index < -0.39 is 11.5 Å². The fourth-order valence-electron chi connectivity index (χ4n) is 2.87. The smallest absolute Gasteiger partial charge is 0.324 e. The fourth-order valence-corrected chi connectivity index (χ4v) is 2.87. The highest BCUT2D eigenvalue weighted by Gasteiger charge is 2.40. The van der Waals surface area contributed by atoms with Gasteiger partial charge in [0.05, 0.1) is 0 Å². The first-order valence-electron chi connectivity index (χ1n) is 7.31. The van der Waals surface area contributed by atoms with E-state index in [0.29, 0.717) is 6.42 Å². The molecular formula is C16H24N2O2. The molecule has 4 nitrogen and oxygen atoms in total. The van der Waals surface area contributed by atoms with Crippen molar-refractivity contribution in [2.45, 2.75) is 25.8 Å². The van der Waals surface area contributed by atoms with E-state index in [2.05, 4.69) is 16.7 Å². The number of carbonyl (C=O) groups is 1. The third-order valence-corrected chi connectivity index (χ3v) is 4.37. The molecule has 0 aliphatic carbocycles. The molecular weight excluding hydrogens is 252 g/mol. The van der Waals surface area contributed by atoms with Crippen LogP contribution in [-0.2, 0) is 11.2 Å². The standard InChI is InChI=1S/C16H24N2O2/c1-3-17-9-11-18(12-10-17)16(2,15(19)20)13-14-7-5-4-6-8-14/h4-8H,3,9-13H2,1-2H3,(H,19,20). The fraction of sp³-hybridized carbons (Fsp3) is 0.562. The molecule has 0 aromatic heterocycles. The van der Waals surface area contributed by atoms with Gasteiger partial charge in [0.1, 0.15) is 5.54 Å². The second-order valence-electron chi connectivity index (χ2n) is 5.66. The van der Waals surface area contributed by atoms with Gasteiger partial charge in [0.2, 0.25) is 0 Å². The number of aliphatic carboxylic acids is 1. The van der Waals surface area contributed by atoms with Crippen molar-refractivity contribution < 1.29 is 9.90 Å². The van der Waals surface area contributed by atoms with Crippen LogP contribution >= 0.6 is 0 Å². The second kappa shape index (κ2) is 6.37. The van der Waals surface area contributed by atoms with Crippen molar-refractivity contribution in [3.05, 3.63) is 35.9 Å². The maximum absolute atomic E-state index is 11.8. The molecule has 0 saturated carbocycles. The molecule has 1 aliphatic rings. The van der Waals surface area contributed by atoms with Crippen molar-refractivity contribution in [1.82, 2.24) is 9.80 Å². The van der Waals surface area contributed by atoms with Crippen LogP contribution in [0.15, 0.2) is 30.3 Å². The van der Waals surface area contributed by atoms with Gasteiger partial charge in [0.25, 0.3) is 0 Å². The van der Waals surface area contributed by atoms with Gasteiger partial charge in [-0.15, -0.1) is 0 Å². The van der Waals surface area contributed by atoms with Gasteiger partial charge in [-0.05, 0) is 19.0 Å². The normalized spacial score (nSPS) is 20.5. The first-order chi connectivity index (χ1) is 9.56. The molecule has 1 aromatic carbocycles. The minimum Gasteiger partial charge on any atom is -0.480 e. The van der Waals surface area contributed by atoms with E-state index in [0.717, 1.165) is 38.3 Å². The van der Waals surface area contributed by atoms with Crippen LogP contribution in [0.3, 0.4) is 0 Å². The number of nitrogens with zero attached hydrogens (tertiary/aromatic N) is 2. The van der Waals surface area contributed by atoms with Gasteiger partial charge < -0.3 is 10.0 Å². The summed E-state index contributed by atoms with van der Waals surface area (Å²) in [5.41, 5.74) is 0.261. The number of carboxylic acids is 1. The summed E-state index contributed by atoms with van der Waals surface area (Å²) in [5, 5.41) is 9.71. The molecule has 0 bridgehead atoms. The van der Waals surface area contributed by atoms with Crippen molar-refractivity contribution in [2.24, 2.45) is 0 Å². The van der Waals surface area contributed by atoms with E-state index in [1.54, 1.807) is 0 Å². The molecule has 0 amide bonds. The van der Waals surface area contributed by atoms with Crippen LogP contribution < -0.4 is 0 Å². The summed E-state index contributed by atoms with van der Waals surface area (Å²) in [6.45, 7) is 8.59. The Bertz CT molecular complexity index is 441. The number of hydrogen-bond acceptors (Lipinski definition) is 3. The molecule has 1 N–H and O–H groups in total. The molecule has 110 valence electrons. The van der Waals surface area contributed by atoms with Crippen LogP contribution in [0.1, 0.15) is 19.4 Å². The molecule has 1 aromatic rings. The first-order valence-corrected chi connectivity index (χ1v) is 7.31. The summed E-state index contributed by atoms with van der Waals surface area (Å²) >= 11 is 0. The minimum absolute atomic E-state index is 0.551. The maximum Gasteiger partial charge on any atom is 0.324 e. The number of piperazine rings is 1. The van der Waals surface area contributed by atoms with Gasteiger partial charge in [0.15, 0.2) is 0 Å². The number of carboxylic acid groups (broad SMARTS) is 1. The van der Waals surface area contributed by atoms with E-state index >= 15 is 0 Å². The van der Waals surface area contributed by atoms with Gasteiger partial charge in [0, 0.05) is 32.6 Å². The van der Waals surface area contributed by atoms with Crippen molar-refractivity contribution in [1.29, 1.82) is 0 Å². The molecule has 0 radical (unpaired) electrons. The van der Waals surface area contributed by atoms with Crippen molar-refractivity contribution in [2.75, 3.05) is 32.7 Å². The number of hydrogen-bond donors (Lipinski definition) is 1. The Morgan fingerprint density at radius 3 is 2.30 bits per heavy atom. The summed E-state index contributed by atoms with van der Waals surface area (Å²) in [5.74, 6) is -0.730. The summed E-state index contributed by atoms with van der Waals surface area (Å²) in [7, 11) is 0. The van der Waals surface area contributed by atoms with Crippen LogP contribution in [0.4, 0.5) is 0 Å². The van der Waals surface area contributed by atoms with E-state index in [1.807, 2.05) is 37.3 Å². The van der Waals surface area contributed by atoms with E-state index in [9.17, 15) is 9.90 Å². The third-order valence-electron chi connectivity index (χ3n) is 4.37. The topological polar surface area (TPSA) is 43.8 Å². The molecule has 0 spiro atoms. The van der Waals surface area contributed by atoms with Gasteiger partial charge in [-0.3, -0.25) is 9.69 Å². The Morgan fingerprint density at radius 1 is 1.20 bits per heavy atom. The lowest BCUT2D eigenvalue weighted by molar-refractivity contribution is -0.151. The lowest BCUT2D eigenvalue weighted by atomic mass is 9.90. The van der Waals surface area contributed by atoms with Crippen LogP contribution in [-0.4, -0.2) is 59.1 Å². The average Bonchev–Trinajstić information content (AvgIpc) is 2.48. The molecule has 1 fully saturated rings. The van der Waals surface area contributed by atoms with Gasteiger partial charge in [-0.25, -0.2) is 0 Å². The third kappa shape index (κ3) is 3.19. The largest absolute Gasteiger partial charge is 0.480 e. The zero-order valence-electron chi connectivity index (χ0n) is 12.4. The van der Waals surface area contributed by atoms with Crippen molar-refractivity contribution in [3.8, 4) is 0 Å². The van der Waals surface area contributed by atoms with Gasteiger partial charge in [-0.2, -0.15) is 0 Å². The summed E-state index contributed by atoms with van der Waals surface area (Å²) in [6, 6.07) is 9.90. The zero-order chi connectivity index (χ0) is 14.6. The number of likely N-dealkylation sites (N-methyl/N-ethyl adjacent to an activating group) is 1. The summed E-state index contributed by atoms with van der Waals surface area (Å²) < 4.78 is 0. The SMILES string of the molecule is CCN1CCN(C(C)(Cc2ccccc2)C(=O)O)CC1. The average molecular weight is 276 g/mol. The molecule has 1 heterocycles. The molecule has 1 atom stereocenters. The van der Waals surface area contributed by atoms with E-state index in [1.165, 1.54) is 0 Å². The van der Waals surface area contributed by atoms with Crippen LogP contribution in [0.5, 0.6) is 0 Å². The molecule has 20 heavy (non-hydrogen) atoms. The predicted molar refractivity (Wildman–Crippen MR) is 79.9 cm³/mol. The minimum atomic E-state index is -0.818. The highest BCUT2D eigenvalue weighted by Crippen LogP contribution is 2.23. The first kappa shape index (κ1) is 15.0. The van der Waals surface area contributed by atoms with Gasteiger partial charge in [-0.1, -0.05) is 37.3 Å². The van der Waals surface area contributed by atoms with Gasteiger partial charge >= 0.3 is 5.97 Å². The number of rotatable bonds is 5. The zero-order valence-corrected chi connectivity index (χ0v) is 12.4. The molecule has 4 heteroatoms. The highest BCUT2D eigenvalue weighted by atomic mass is 16.4. The second-order valence-corrected chi connectivity index (χ2v) is 5.66. The Kier molecular flexibility index (Phi) is 4.78. The van der Waals surface area contributed by atoms with E-state index in [4.69, 9.17) is 0 Å². The molecule has 1 unspecified atom stereocenters. The Hall–Kier alpha value is -1.39. The highest BCUT2D eigenvalue weighted by molar-refractivity contribution is 5.78. The Labute approximate surface area is 121 Å². The Balaban J connectivity index is 2.12. The van der Waals surface area contributed by atoms with Crippen molar-refractivity contribution in [3.63, 3.8) is 0 Å². The predicted octanol–water partition coefficient (Wildman–Crippen LogP) is 1.71.